The summed E-state index contributed by atoms with van der Waals surface area (Å²) >= 11 is 27.0. The first-order chi connectivity index (χ1) is 28.0. The molecule has 3 heterocycles. The molecule has 3 aliphatic heterocycles. The highest BCUT2D eigenvalue weighted by atomic mass is 35.5. The number of thioether (sulfide) groups is 1. The lowest BCUT2D eigenvalue weighted by Gasteiger charge is -2.36. The van der Waals surface area contributed by atoms with Gasteiger partial charge < -0.3 is 20.9 Å². The van der Waals surface area contributed by atoms with Gasteiger partial charge in [0.05, 0.1) is 38.2 Å². The second kappa shape index (κ2) is 19.8. The number of fused-ring (bicyclic) bond motifs is 1. The molecule has 4 aliphatic rings. The molecule has 13 heteroatoms. The maximum atomic E-state index is 14.7. The Balaban J connectivity index is 0.997. The summed E-state index contributed by atoms with van der Waals surface area (Å²) in [5, 5.41) is 11.8. The first-order valence-electron chi connectivity index (χ1n) is 20.1. The van der Waals surface area contributed by atoms with Gasteiger partial charge in [0.25, 0.3) is 0 Å². The number of hydrogen-bond donors (Lipinski definition) is 3. The number of unbranched alkanes of at least 4 members (excludes halogenated alkanes) is 1. The quantitative estimate of drug-likeness (QED) is 0.0847. The molecule has 1 saturated carbocycles. The second-order valence-electron chi connectivity index (χ2n) is 15.9. The smallest absolute Gasteiger partial charge is 0.315 e. The standard InChI is InChI=1S/C45H48Cl4N4O4S/c46-35-16-12-29(21-37(35)48)18-31-24-53(25-32(43(31)55)19-30-13-17-36(47)38(49)22-30)44(56)39(23-27-6-2-1-3-7-27)50-33-14-10-28(11-15-33)20-34(54)8-4-5-9-41-42-40(26-58-41)51-45(57)52-42/h1-3,6-7,12-13,16-19,21-22,28,33,39-42,50H,4-5,8-11,14-15,20,23-26H2,(H2,51,52,57)/b31-18+,32-19+/t28?,33?,39-,40?,41+,42?/m1/s1. The molecule has 4 atom stereocenters. The van der Waals surface area contributed by atoms with Crippen molar-refractivity contribution in [1.82, 2.24) is 20.9 Å². The minimum absolute atomic E-state index is 0.0642. The van der Waals surface area contributed by atoms with Crippen molar-refractivity contribution >= 4 is 93.8 Å². The number of urea groups is 1. The van der Waals surface area contributed by atoms with Crippen LogP contribution in [0.4, 0.5) is 4.79 Å². The molecule has 0 radical (unpaired) electrons. The van der Waals surface area contributed by atoms with Crippen LogP contribution >= 0.6 is 58.2 Å². The Hall–Kier alpha value is -3.31. The van der Waals surface area contributed by atoms with Gasteiger partial charge in [0.1, 0.15) is 5.78 Å². The highest BCUT2D eigenvalue weighted by Gasteiger charge is 2.42. The van der Waals surface area contributed by atoms with Crippen LogP contribution in [0.2, 0.25) is 20.1 Å². The maximum absolute atomic E-state index is 14.7. The molecule has 0 aromatic heterocycles. The Morgan fingerprint density at radius 1 is 0.810 bits per heavy atom. The van der Waals surface area contributed by atoms with E-state index in [9.17, 15) is 19.2 Å². The first kappa shape index (κ1) is 42.8. The van der Waals surface area contributed by atoms with Crippen LogP contribution in [0.15, 0.2) is 77.9 Å². The first-order valence-corrected chi connectivity index (χ1v) is 22.7. The third kappa shape index (κ3) is 11.1. The molecule has 3 saturated heterocycles. The Kier molecular flexibility index (Phi) is 14.6. The van der Waals surface area contributed by atoms with Gasteiger partial charge in [-0.1, -0.05) is 95.3 Å². The lowest BCUT2D eigenvalue weighted by Crippen LogP contribution is -2.54. The fraction of sp³-hybridized carbons (Fsp3) is 0.422. The zero-order valence-corrected chi connectivity index (χ0v) is 36.0. The van der Waals surface area contributed by atoms with Crippen LogP contribution in [0.1, 0.15) is 74.5 Å². The average Bonchev–Trinajstić information content (AvgIpc) is 3.77. The molecule has 8 nitrogen and oxygen atoms in total. The van der Waals surface area contributed by atoms with Gasteiger partial charge in [-0.25, -0.2) is 4.79 Å². The molecule has 306 valence electrons. The third-order valence-corrected chi connectivity index (χ3v) is 14.7. The molecule has 1 aliphatic carbocycles. The van der Waals surface area contributed by atoms with Crippen LogP contribution in [0.3, 0.4) is 0 Å². The van der Waals surface area contributed by atoms with Crippen LogP contribution in [0.5, 0.6) is 0 Å². The van der Waals surface area contributed by atoms with Gasteiger partial charge >= 0.3 is 6.03 Å². The summed E-state index contributed by atoms with van der Waals surface area (Å²) in [6.07, 6.45) is 11.7. The molecule has 0 bridgehead atoms. The van der Waals surface area contributed by atoms with Gasteiger partial charge in [0.2, 0.25) is 5.91 Å². The number of likely N-dealkylation sites (tertiary alicyclic amines) is 1. The van der Waals surface area contributed by atoms with Gasteiger partial charge in [-0.15, -0.1) is 0 Å². The molecule has 58 heavy (non-hydrogen) atoms. The highest BCUT2D eigenvalue weighted by Crippen LogP contribution is 2.34. The van der Waals surface area contributed by atoms with Crippen molar-refractivity contribution in [3.8, 4) is 0 Å². The Morgan fingerprint density at radius 3 is 2.07 bits per heavy atom. The maximum Gasteiger partial charge on any atom is 0.315 e. The largest absolute Gasteiger partial charge is 0.332 e. The van der Waals surface area contributed by atoms with Crippen LogP contribution in [-0.4, -0.2) is 76.7 Å². The average molecular weight is 883 g/mol. The molecule has 3 aromatic carbocycles. The highest BCUT2D eigenvalue weighted by molar-refractivity contribution is 8.00. The number of amides is 3. The fourth-order valence-electron chi connectivity index (χ4n) is 8.64. The summed E-state index contributed by atoms with van der Waals surface area (Å²) in [6, 6.07) is 20.3. The predicted molar refractivity (Wildman–Crippen MR) is 237 cm³/mol. The number of piperidine rings is 1. The zero-order chi connectivity index (χ0) is 40.8. The van der Waals surface area contributed by atoms with E-state index in [0.29, 0.717) is 78.6 Å². The number of carbonyl (C=O) groups is 4. The SMILES string of the molecule is O=C(CCCC[C@@H]1SCC2NC(=O)NC21)CC1CCC(N[C@H](Cc2ccccc2)C(=O)N2C/C(=C\c3ccc(Cl)c(Cl)c3)C(=O)/C(=C/c3ccc(Cl)c(Cl)c3)C2)CC1. The number of carbonyl (C=O) groups excluding carboxylic acids is 4. The van der Waals surface area contributed by atoms with Gasteiger partial charge in [0, 0.05) is 54.1 Å². The molecule has 2 unspecified atom stereocenters. The van der Waals surface area contributed by atoms with E-state index < -0.39 is 6.04 Å². The number of Topliss-reactive ketones (excluding diaryl/α,β-unsaturated/α-hetero) is 2. The van der Waals surface area contributed by atoms with E-state index in [1.165, 1.54) is 0 Å². The Morgan fingerprint density at radius 2 is 1.45 bits per heavy atom. The third-order valence-electron chi connectivity index (χ3n) is 11.7. The van der Waals surface area contributed by atoms with E-state index >= 15 is 0 Å². The van der Waals surface area contributed by atoms with Crippen molar-refractivity contribution in [3.05, 3.63) is 115 Å². The molecule has 3 N–H and O–H groups in total. The Bertz CT molecular complexity index is 2000. The minimum Gasteiger partial charge on any atom is -0.332 e. The van der Waals surface area contributed by atoms with E-state index in [0.717, 1.165) is 56.3 Å². The van der Waals surface area contributed by atoms with E-state index in [1.807, 2.05) is 42.1 Å². The van der Waals surface area contributed by atoms with E-state index in [2.05, 4.69) is 16.0 Å². The van der Waals surface area contributed by atoms with E-state index in [-0.39, 0.29) is 48.9 Å². The molecular formula is C45H48Cl4N4O4S. The fourth-order valence-corrected chi connectivity index (χ4v) is 10.8. The van der Waals surface area contributed by atoms with Crippen molar-refractivity contribution in [2.45, 2.75) is 93.6 Å². The summed E-state index contributed by atoms with van der Waals surface area (Å²) < 4.78 is 0. The monoisotopic (exact) mass is 880 g/mol. The molecule has 0 spiro atoms. The number of nitrogens with zero attached hydrogens (tertiary/aromatic N) is 1. The van der Waals surface area contributed by atoms with Crippen LogP contribution in [0, 0.1) is 5.92 Å². The predicted octanol–water partition coefficient (Wildman–Crippen LogP) is 9.62. The molecule has 4 fully saturated rings. The minimum atomic E-state index is -0.530. The van der Waals surface area contributed by atoms with E-state index in [4.69, 9.17) is 46.4 Å². The second-order valence-corrected chi connectivity index (χ2v) is 18.8. The summed E-state index contributed by atoms with van der Waals surface area (Å²) in [4.78, 5) is 55.2. The van der Waals surface area contributed by atoms with Crippen molar-refractivity contribution in [3.63, 3.8) is 0 Å². The number of nitrogens with one attached hydrogen (secondary N) is 3. The topological polar surface area (TPSA) is 108 Å². The van der Waals surface area contributed by atoms with E-state index in [1.54, 1.807) is 53.5 Å². The lowest BCUT2D eigenvalue weighted by atomic mass is 9.82. The van der Waals surface area contributed by atoms with Crippen molar-refractivity contribution in [2.24, 2.45) is 5.92 Å². The number of ketones is 2. The van der Waals surface area contributed by atoms with Gasteiger partial charge in [-0.2, -0.15) is 11.8 Å². The van der Waals surface area contributed by atoms with Crippen LogP contribution in [-0.2, 0) is 20.8 Å². The lowest BCUT2D eigenvalue weighted by molar-refractivity contribution is -0.133. The number of benzene rings is 3. The van der Waals surface area contributed by atoms with Crippen LogP contribution < -0.4 is 16.0 Å². The number of halogens is 4. The number of hydrogen-bond acceptors (Lipinski definition) is 6. The molecule has 3 aromatic rings. The Labute approximate surface area is 364 Å². The van der Waals surface area contributed by atoms with Crippen molar-refractivity contribution in [2.75, 3.05) is 18.8 Å². The van der Waals surface area contributed by atoms with Crippen molar-refractivity contribution < 1.29 is 19.2 Å². The zero-order valence-electron chi connectivity index (χ0n) is 32.2. The summed E-state index contributed by atoms with van der Waals surface area (Å²) in [5.41, 5.74) is 3.36. The van der Waals surface area contributed by atoms with Gasteiger partial charge in [-0.3, -0.25) is 14.4 Å². The normalized spacial score (nSPS) is 25.1. The van der Waals surface area contributed by atoms with Crippen LogP contribution in [0.25, 0.3) is 12.2 Å². The number of rotatable bonds is 14. The summed E-state index contributed by atoms with van der Waals surface area (Å²) in [6.45, 7) is 0.264. The molecule has 3 amide bonds. The van der Waals surface area contributed by atoms with Gasteiger partial charge in [0.15, 0.2) is 5.78 Å². The molecule has 7 rings (SSSR count). The van der Waals surface area contributed by atoms with Crippen molar-refractivity contribution in [1.29, 1.82) is 0 Å². The summed E-state index contributed by atoms with van der Waals surface area (Å²) in [5.74, 6) is 1.37. The summed E-state index contributed by atoms with van der Waals surface area (Å²) in [7, 11) is 0. The van der Waals surface area contributed by atoms with Gasteiger partial charge in [-0.05, 0) is 104 Å². The molecular weight excluding hydrogens is 834 g/mol.